The van der Waals surface area contributed by atoms with Crippen molar-refractivity contribution in [2.75, 3.05) is 38.9 Å². The number of fused-ring (bicyclic) bond motifs is 1. The summed E-state index contributed by atoms with van der Waals surface area (Å²) >= 11 is 1.23. The Labute approximate surface area is 185 Å². The monoisotopic (exact) mass is 464 g/mol. The first kappa shape index (κ1) is 22.9. The molecule has 3 rings (SSSR count). The number of H-pyrrole nitrogens is 1. The number of imidazole rings is 1. The number of ether oxygens (including phenoxy) is 2. The largest absolute Gasteiger partial charge is 0.495 e. The Morgan fingerprint density at radius 2 is 2.00 bits per heavy atom. The third-order valence-electron chi connectivity index (χ3n) is 4.31. The number of nitrogens with one attached hydrogen (secondary N) is 2. The Morgan fingerprint density at radius 1 is 1.23 bits per heavy atom. The van der Waals surface area contributed by atoms with Gasteiger partial charge in [0.05, 0.1) is 41.1 Å². The number of nitrogens with zero attached hydrogens (tertiary/aromatic N) is 2. The summed E-state index contributed by atoms with van der Waals surface area (Å²) in [6.45, 7) is 2.49. The van der Waals surface area contributed by atoms with Gasteiger partial charge in [-0.25, -0.2) is 17.7 Å². The second-order valence-electron chi connectivity index (χ2n) is 6.64. The number of hydrogen-bond donors (Lipinski definition) is 2. The van der Waals surface area contributed by atoms with Crippen LogP contribution < -0.4 is 14.8 Å². The number of thioether (sulfide) groups is 1. The summed E-state index contributed by atoms with van der Waals surface area (Å²) in [5.41, 5.74) is 1.87. The maximum Gasteiger partial charge on any atom is 0.242 e. The van der Waals surface area contributed by atoms with Crippen molar-refractivity contribution in [1.29, 1.82) is 0 Å². The molecule has 9 nitrogen and oxygen atoms in total. The van der Waals surface area contributed by atoms with Crippen molar-refractivity contribution < 1.29 is 22.7 Å². The van der Waals surface area contributed by atoms with Gasteiger partial charge in [-0.05, 0) is 37.3 Å². The fourth-order valence-corrected chi connectivity index (χ4v) is 4.38. The third kappa shape index (κ3) is 5.30. The van der Waals surface area contributed by atoms with Crippen molar-refractivity contribution in [2.45, 2.75) is 17.0 Å². The molecule has 3 aromatic rings. The number of rotatable bonds is 9. The SMILES string of the molecule is CCOc1ccc2nc(SCC(=O)Nc3cc(S(=O)(=O)N(C)C)ccc3OC)[nH]c2c1. The number of carbonyl (C=O) groups excluding carboxylic acids is 1. The number of benzene rings is 2. The van der Waals surface area contributed by atoms with E-state index in [2.05, 4.69) is 15.3 Å². The summed E-state index contributed by atoms with van der Waals surface area (Å²) in [4.78, 5) is 20.2. The summed E-state index contributed by atoms with van der Waals surface area (Å²) < 4.78 is 36.6. The van der Waals surface area contributed by atoms with Crippen molar-refractivity contribution >= 4 is 44.4 Å². The minimum absolute atomic E-state index is 0.0589. The maximum atomic E-state index is 12.5. The Morgan fingerprint density at radius 3 is 2.68 bits per heavy atom. The van der Waals surface area contributed by atoms with Crippen LogP contribution in [0.4, 0.5) is 5.69 Å². The number of aromatic nitrogens is 2. The lowest BCUT2D eigenvalue weighted by atomic mass is 10.3. The van der Waals surface area contributed by atoms with Gasteiger partial charge in [-0.1, -0.05) is 11.8 Å². The minimum atomic E-state index is -3.64. The molecule has 11 heteroatoms. The molecule has 1 heterocycles. The Balaban J connectivity index is 1.71. The van der Waals surface area contributed by atoms with Crippen molar-refractivity contribution in [1.82, 2.24) is 14.3 Å². The van der Waals surface area contributed by atoms with Gasteiger partial charge in [-0.2, -0.15) is 0 Å². The number of aromatic amines is 1. The lowest BCUT2D eigenvalue weighted by Crippen LogP contribution is -2.22. The van der Waals surface area contributed by atoms with Gasteiger partial charge in [0, 0.05) is 20.2 Å². The quantitative estimate of drug-likeness (QED) is 0.468. The van der Waals surface area contributed by atoms with E-state index < -0.39 is 10.0 Å². The minimum Gasteiger partial charge on any atom is -0.495 e. The molecule has 0 aliphatic rings. The first-order valence-electron chi connectivity index (χ1n) is 9.40. The predicted molar refractivity (Wildman–Crippen MR) is 120 cm³/mol. The Bertz CT molecular complexity index is 1190. The molecular formula is C20H24N4O5S2. The van der Waals surface area contributed by atoms with Crippen LogP contribution in [0.1, 0.15) is 6.92 Å². The number of sulfonamides is 1. The van der Waals surface area contributed by atoms with Crippen LogP contribution in [0.5, 0.6) is 11.5 Å². The first-order valence-corrected chi connectivity index (χ1v) is 11.8. The molecule has 0 radical (unpaired) electrons. The predicted octanol–water partition coefficient (Wildman–Crippen LogP) is 2.95. The average molecular weight is 465 g/mol. The molecular weight excluding hydrogens is 440 g/mol. The zero-order valence-electron chi connectivity index (χ0n) is 17.6. The fraction of sp³-hybridized carbons (Fsp3) is 0.300. The van der Waals surface area contributed by atoms with Crippen LogP contribution in [0.2, 0.25) is 0 Å². The summed E-state index contributed by atoms with van der Waals surface area (Å²) in [7, 11) is 0.694. The smallest absolute Gasteiger partial charge is 0.242 e. The highest BCUT2D eigenvalue weighted by Crippen LogP contribution is 2.29. The van der Waals surface area contributed by atoms with Crippen LogP contribution in [0.15, 0.2) is 46.5 Å². The lowest BCUT2D eigenvalue weighted by Gasteiger charge is -2.15. The van der Waals surface area contributed by atoms with E-state index in [1.165, 1.54) is 51.2 Å². The van der Waals surface area contributed by atoms with Crippen molar-refractivity contribution in [3.8, 4) is 11.5 Å². The molecule has 0 atom stereocenters. The van der Waals surface area contributed by atoms with Gasteiger partial charge < -0.3 is 19.8 Å². The first-order chi connectivity index (χ1) is 14.7. The van der Waals surface area contributed by atoms with E-state index in [1.807, 2.05) is 25.1 Å². The molecule has 2 aromatic carbocycles. The van der Waals surface area contributed by atoms with Gasteiger partial charge in [0.2, 0.25) is 15.9 Å². The molecule has 1 aromatic heterocycles. The summed E-state index contributed by atoms with van der Waals surface area (Å²) in [6, 6.07) is 9.87. The van der Waals surface area contributed by atoms with Crippen LogP contribution in [0.3, 0.4) is 0 Å². The normalized spacial score (nSPS) is 11.6. The lowest BCUT2D eigenvalue weighted by molar-refractivity contribution is -0.113. The van der Waals surface area contributed by atoms with Crippen LogP contribution >= 0.6 is 11.8 Å². The van der Waals surface area contributed by atoms with Gasteiger partial charge in [0.1, 0.15) is 11.5 Å². The number of anilines is 1. The van der Waals surface area contributed by atoms with E-state index in [0.717, 1.165) is 21.1 Å². The second kappa shape index (κ2) is 9.58. The van der Waals surface area contributed by atoms with Gasteiger partial charge in [-0.3, -0.25) is 4.79 Å². The van der Waals surface area contributed by atoms with Crippen LogP contribution in [-0.4, -0.2) is 62.2 Å². The molecule has 0 bridgehead atoms. The molecule has 2 N–H and O–H groups in total. The van der Waals surface area contributed by atoms with Crippen LogP contribution in [0.25, 0.3) is 11.0 Å². The maximum absolute atomic E-state index is 12.5. The number of methoxy groups -OCH3 is 1. The molecule has 0 saturated heterocycles. The summed E-state index contributed by atoms with van der Waals surface area (Å²) in [5.74, 6) is 0.861. The molecule has 0 spiro atoms. The van der Waals surface area contributed by atoms with Crippen LogP contribution in [-0.2, 0) is 14.8 Å². The molecule has 0 saturated carbocycles. The number of carbonyl (C=O) groups is 1. The van der Waals surface area contributed by atoms with Crippen molar-refractivity contribution in [3.63, 3.8) is 0 Å². The second-order valence-corrected chi connectivity index (χ2v) is 9.76. The van der Waals surface area contributed by atoms with E-state index in [9.17, 15) is 13.2 Å². The van der Waals surface area contributed by atoms with Crippen molar-refractivity contribution in [3.05, 3.63) is 36.4 Å². The van der Waals surface area contributed by atoms with Gasteiger partial charge >= 0.3 is 0 Å². The molecule has 166 valence electrons. The van der Waals surface area contributed by atoms with Gasteiger partial charge in [0.15, 0.2) is 5.16 Å². The molecule has 0 fully saturated rings. The molecule has 0 aliphatic heterocycles. The summed E-state index contributed by atoms with van der Waals surface area (Å²) in [6.07, 6.45) is 0. The molecule has 0 aliphatic carbocycles. The number of amides is 1. The average Bonchev–Trinajstić information content (AvgIpc) is 3.14. The molecule has 1 amide bonds. The van der Waals surface area contributed by atoms with Gasteiger partial charge in [0.25, 0.3) is 0 Å². The topological polar surface area (TPSA) is 114 Å². The van der Waals surface area contributed by atoms with E-state index >= 15 is 0 Å². The molecule has 0 unspecified atom stereocenters. The molecule has 31 heavy (non-hydrogen) atoms. The Kier molecular flexibility index (Phi) is 7.08. The van der Waals surface area contributed by atoms with E-state index in [-0.39, 0.29) is 22.2 Å². The highest BCUT2D eigenvalue weighted by atomic mass is 32.2. The Hall–Kier alpha value is -2.76. The standard InChI is InChI=1S/C20H24N4O5S2/c1-5-29-13-6-8-15-16(10-13)23-20(22-15)30-12-19(25)21-17-11-14(7-9-18(17)28-4)31(26,27)24(2)3/h6-11H,5,12H2,1-4H3,(H,21,25)(H,22,23). The van der Waals surface area contributed by atoms with E-state index in [4.69, 9.17) is 9.47 Å². The van der Waals surface area contributed by atoms with Gasteiger partial charge in [-0.15, -0.1) is 0 Å². The number of hydrogen-bond acceptors (Lipinski definition) is 7. The zero-order chi connectivity index (χ0) is 22.6. The fourth-order valence-electron chi connectivity index (χ4n) is 2.77. The van der Waals surface area contributed by atoms with Crippen LogP contribution in [0, 0.1) is 0 Å². The van der Waals surface area contributed by atoms with E-state index in [1.54, 1.807) is 0 Å². The van der Waals surface area contributed by atoms with E-state index in [0.29, 0.717) is 17.5 Å². The third-order valence-corrected chi connectivity index (χ3v) is 6.99. The zero-order valence-corrected chi connectivity index (χ0v) is 19.3. The van der Waals surface area contributed by atoms with Crippen molar-refractivity contribution in [2.24, 2.45) is 0 Å². The highest BCUT2D eigenvalue weighted by molar-refractivity contribution is 7.99. The summed E-state index contributed by atoms with van der Waals surface area (Å²) in [5, 5.41) is 3.31. The highest BCUT2D eigenvalue weighted by Gasteiger charge is 2.20.